The number of ether oxygens (including phenoxy) is 3. The number of nitrogens with two attached hydrogens (primary N) is 3. The Balaban J connectivity index is 0.000000156. The predicted molar refractivity (Wildman–Crippen MR) is 463 cm³/mol. The number of carbonyl (C=O) groups excluding carboxylic acids is 6. The molecule has 0 radical (unpaired) electrons. The molecule has 3 saturated heterocycles. The zero-order valence-electron chi connectivity index (χ0n) is 68.7. The van der Waals surface area contributed by atoms with Crippen molar-refractivity contribution in [2.24, 2.45) is 0 Å². The topological polar surface area (TPSA) is 427 Å². The van der Waals surface area contributed by atoms with Gasteiger partial charge in [-0.1, -0.05) is 46.4 Å². The van der Waals surface area contributed by atoms with Crippen molar-refractivity contribution < 1.29 is 43.0 Å². The number of hydrogen-bond donors (Lipinski definition) is 9. The van der Waals surface area contributed by atoms with Gasteiger partial charge in [-0.2, -0.15) is 15.0 Å². The number of pyridine rings is 3. The lowest BCUT2D eigenvalue weighted by Crippen LogP contribution is -2.33. The van der Waals surface area contributed by atoms with Crippen LogP contribution in [0.15, 0.2) is 36.9 Å². The highest BCUT2D eigenvalue weighted by atomic mass is 35.5. The van der Waals surface area contributed by atoms with Crippen molar-refractivity contribution >= 4 is 152 Å². The number of nitrogens with zero attached hydrogens (tertiary/aromatic N) is 15. The van der Waals surface area contributed by atoms with Crippen LogP contribution in [-0.2, 0) is 34.0 Å². The lowest BCUT2D eigenvalue weighted by atomic mass is 10.1. The minimum absolute atomic E-state index is 0.0379. The molecule has 6 aliphatic rings. The lowest BCUT2D eigenvalue weighted by molar-refractivity contribution is -0.113. The number of fused-ring (bicyclic) bond motifs is 3. The second kappa shape index (κ2) is 37.4. The van der Waals surface area contributed by atoms with Gasteiger partial charge < -0.3 is 77.0 Å². The van der Waals surface area contributed by atoms with Crippen LogP contribution in [0.1, 0.15) is 165 Å². The normalized spacial score (nSPS) is 16.2. The first kappa shape index (κ1) is 86.3. The molecule has 3 fully saturated rings. The van der Waals surface area contributed by atoms with Crippen LogP contribution >= 0.6 is 46.4 Å². The van der Waals surface area contributed by atoms with E-state index < -0.39 is 0 Å². The van der Waals surface area contributed by atoms with Gasteiger partial charge in [-0.25, -0.2) is 15.0 Å². The smallest absolute Gasteiger partial charge is 0.260 e. The zero-order valence-corrected chi connectivity index (χ0v) is 71.7. The van der Waals surface area contributed by atoms with E-state index in [0.717, 1.165) is 86.7 Å². The average Bonchev–Trinajstić information content (AvgIpc) is 1.61. The monoisotopic (exact) mass is 1710 g/mol. The molecule has 33 nitrogen and oxygen atoms in total. The Kier molecular flexibility index (Phi) is 26.9. The number of likely N-dealkylation sites (tertiary alicyclic amines) is 3. The molecule has 9 aromatic rings. The number of aryl methyl sites for hydroxylation is 3. The summed E-state index contributed by atoms with van der Waals surface area (Å²) in [4.78, 5) is 140. The molecule has 15 rings (SSSR count). The number of H-pyrrole nitrogens is 3. The molecule has 6 aliphatic heterocycles. The number of aromatic nitrogens is 12. The first-order valence-corrected chi connectivity index (χ1v) is 40.9. The zero-order chi connectivity index (χ0) is 85.7. The summed E-state index contributed by atoms with van der Waals surface area (Å²) in [6, 6.07) is 3.47. The summed E-state index contributed by atoms with van der Waals surface area (Å²) in [6.07, 6.45) is 18.8. The van der Waals surface area contributed by atoms with Crippen LogP contribution in [-0.4, -0.2) is 210 Å². The minimum atomic E-state index is -0.371. The number of hydrogen-bond acceptors (Lipinski definition) is 24. The quantitative estimate of drug-likeness (QED) is 0.0200. The number of nitrogen functional groups attached to an aromatic ring is 3. The molecule has 120 heavy (non-hydrogen) atoms. The van der Waals surface area contributed by atoms with Crippen molar-refractivity contribution in [1.29, 1.82) is 0 Å². The SMILES string of the molecule is COc1c(C)cnc(CN2C(=O)/C(=C\c3[nH]c(Cl)c(C(=O)NCCN4CCCC4)c3C)c3c(Cl)nc(N)nc32)c1C.COc1c(C)cnc(CN2C(=O)/C(=C\c3[nH]cc(C(=O)NCCN4CCCC4)c3C)c3c(Cl)nc(N)nc32)c1C.COc1ccnc(CN2C(=O)/C(=C\c3[nH]c(C)c(C(=O)NCCN4CCCC4)c3C)c3c(Cl)nc(N)nc32)c1. The average molecular weight is 1720 g/mol. The molecule has 630 valence electrons. The summed E-state index contributed by atoms with van der Waals surface area (Å²) in [5, 5.41) is 9.34. The van der Waals surface area contributed by atoms with Gasteiger partial charge in [0.1, 0.15) is 37.9 Å². The maximum Gasteiger partial charge on any atom is 0.260 e. The molecule has 0 aliphatic carbocycles. The van der Waals surface area contributed by atoms with Crippen molar-refractivity contribution in [3.63, 3.8) is 0 Å². The van der Waals surface area contributed by atoms with E-state index in [-0.39, 0.29) is 105 Å². The van der Waals surface area contributed by atoms with Crippen LogP contribution in [0.4, 0.5) is 35.3 Å². The van der Waals surface area contributed by atoms with E-state index in [9.17, 15) is 28.8 Å². The number of nitrogens with one attached hydrogen (secondary N) is 6. The summed E-state index contributed by atoms with van der Waals surface area (Å²) < 4.78 is 16.4. The van der Waals surface area contributed by atoms with Gasteiger partial charge in [0.2, 0.25) is 17.8 Å². The van der Waals surface area contributed by atoms with Crippen molar-refractivity contribution in [2.45, 2.75) is 114 Å². The molecule has 0 bridgehead atoms. The van der Waals surface area contributed by atoms with Crippen LogP contribution in [0.3, 0.4) is 0 Å². The van der Waals surface area contributed by atoms with E-state index in [2.05, 4.69) is 90.5 Å². The van der Waals surface area contributed by atoms with Gasteiger partial charge in [0.05, 0.1) is 108 Å². The lowest BCUT2D eigenvalue weighted by Gasteiger charge is -2.19. The third-order valence-electron chi connectivity index (χ3n) is 22.3. The molecule has 12 N–H and O–H groups in total. The molecule has 37 heteroatoms. The van der Waals surface area contributed by atoms with Gasteiger partial charge in [-0.15, -0.1) is 0 Å². The largest absolute Gasteiger partial charge is 0.497 e. The first-order chi connectivity index (χ1) is 57.5. The number of methoxy groups -OCH3 is 3. The molecular weight excluding hydrogens is 1620 g/mol. The molecule has 9 aromatic heterocycles. The molecule has 0 atom stereocenters. The maximum absolute atomic E-state index is 13.9. The van der Waals surface area contributed by atoms with Crippen molar-refractivity contribution in [2.75, 3.05) is 132 Å². The van der Waals surface area contributed by atoms with Crippen LogP contribution in [0.5, 0.6) is 17.2 Å². The standard InChI is InChI=1S/C28H32Cl2N8O3.C28H33ClN8O3.C27H31ClN8O3/c1-14-12-33-19(16(3)22(14)41-4)13-38-25-21(24(30)35-28(31)36-25)17(27(38)40)11-18-15(2)20(23(29)34-18)26(39)32-7-10-37-8-5-6-9-37;1-15-12-32-21(17(3)23(15)40-4)14-37-25-22(24(29)34-28(30)35-25)18(27(37)39)11-20-16(2)19(13-33-20)26(38)31-7-10-36-8-5-6-9-36;1-15-20(32-16(2)21(15)25(37)31-8-11-35-9-4-5-10-35)13-19-22-23(28)33-27(29)34-24(22)36(26(19)38)14-17-12-18(39-3)6-7-30-17/h11-12,34H,5-10,13H2,1-4H3,(H,32,39)(H2,31,35,36);11-13,33H,5-10,14H2,1-4H3,(H,31,38)(H2,30,34,35);6-7,12-13,32H,4-5,8-11,14H2,1-3H3,(H,31,37)(H2,29,33,34)/b17-11-;18-11-;19-13-. The van der Waals surface area contributed by atoms with Crippen molar-refractivity contribution in [3.8, 4) is 17.2 Å². The second-order valence-electron chi connectivity index (χ2n) is 30.0. The number of aromatic amines is 3. The van der Waals surface area contributed by atoms with Crippen molar-refractivity contribution in [1.82, 2.24) is 90.5 Å². The van der Waals surface area contributed by atoms with Gasteiger partial charge in [0.15, 0.2) is 17.5 Å². The van der Waals surface area contributed by atoms with E-state index in [1.807, 2.05) is 48.5 Å². The van der Waals surface area contributed by atoms with Gasteiger partial charge in [0.25, 0.3) is 35.4 Å². The van der Waals surface area contributed by atoms with Crippen LogP contribution in [0.25, 0.3) is 34.9 Å². The van der Waals surface area contributed by atoms with E-state index in [1.165, 1.54) is 53.2 Å². The Hall–Kier alpha value is -11.6. The molecule has 0 saturated carbocycles. The van der Waals surface area contributed by atoms with E-state index in [4.69, 9.17) is 77.8 Å². The highest BCUT2D eigenvalue weighted by molar-refractivity contribution is 6.43. The molecule has 0 unspecified atom stereocenters. The molecule has 15 heterocycles. The van der Waals surface area contributed by atoms with Gasteiger partial charge >= 0.3 is 0 Å². The fourth-order valence-electron chi connectivity index (χ4n) is 15.9. The Bertz CT molecular complexity index is 5600. The van der Waals surface area contributed by atoms with Crippen LogP contribution in [0.2, 0.25) is 20.6 Å². The van der Waals surface area contributed by atoms with Crippen LogP contribution < -0.4 is 62.1 Å². The number of carbonyl (C=O) groups is 6. The Morgan fingerprint density at radius 2 is 0.875 bits per heavy atom. The minimum Gasteiger partial charge on any atom is -0.497 e. The summed E-state index contributed by atoms with van der Waals surface area (Å²) in [7, 11) is 4.76. The third-order valence-corrected chi connectivity index (χ3v) is 23.4. The Morgan fingerprint density at radius 1 is 0.483 bits per heavy atom. The highest BCUT2D eigenvalue weighted by Crippen LogP contribution is 2.46. The fourth-order valence-corrected chi connectivity index (χ4v) is 17.1. The third kappa shape index (κ3) is 18.3. The molecule has 6 amide bonds. The predicted octanol–water partition coefficient (Wildman–Crippen LogP) is 10.2. The Morgan fingerprint density at radius 3 is 1.30 bits per heavy atom. The summed E-state index contributed by atoms with van der Waals surface area (Å²) >= 11 is 26.0. The van der Waals surface area contributed by atoms with E-state index >= 15 is 0 Å². The molecule has 0 aromatic carbocycles. The van der Waals surface area contributed by atoms with E-state index in [0.29, 0.717) is 144 Å². The van der Waals surface area contributed by atoms with Crippen molar-refractivity contribution in [3.05, 3.63) is 170 Å². The number of halogens is 4. The number of anilines is 6. The summed E-state index contributed by atoms with van der Waals surface area (Å²) in [5.41, 5.74) is 30.8. The van der Waals surface area contributed by atoms with Gasteiger partial charge in [-0.05, 0) is 174 Å². The molecule has 0 spiro atoms. The number of amides is 6. The van der Waals surface area contributed by atoms with E-state index in [1.54, 1.807) is 83.4 Å². The van der Waals surface area contributed by atoms with Gasteiger partial charge in [-0.3, -0.25) is 58.4 Å². The highest BCUT2D eigenvalue weighted by Gasteiger charge is 2.42. The maximum atomic E-state index is 13.9. The Labute approximate surface area is 713 Å². The van der Waals surface area contributed by atoms with Crippen LogP contribution in [0, 0.1) is 55.4 Å². The van der Waals surface area contributed by atoms with Gasteiger partial charge in [0, 0.05) is 115 Å². The summed E-state index contributed by atoms with van der Waals surface area (Å²) in [5.74, 6) is 1.11. The molecular formula is C83H96Cl4N24O9. The summed E-state index contributed by atoms with van der Waals surface area (Å²) in [6.45, 7) is 25.8. The fraction of sp³-hybridized carbons (Fsp3) is 0.386. The first-order valence-electron chi connectivity index (χ1n) is 39.4. The second-order valence-corrected chi connectivity index (χ2v) is 31.5. The number of rotatable bonds is 24.